The van der Waals surface area contributed by atoms with E-state index in [1.54, 1.807) is 47.9 Å². The summed E-state index contributed by atoms with van der Waals surface area (Å²) in [6.07, 6.45) is 3.02. The number of hydrogen-bond acceptors (Lipinski definition) is 12. The number of carbonyl (C=O) groups excluding carboxylic acids is 8. The van der Waals surface area contributed by atoms with Gasteiger partial charge in [-0.15, -0.1) is 0 Å². The van der Waals surface area contributed by atoms with Gasteiger partial charge in [-0.1, -0.05) is 25.5 Å². The number of rotatable bonds is 23. The van der Waals surface area contributed by atoms with Gasteiger partial charge in [0.2, 0.25) is 23.6 Å². The molecule has 4 heterocycles. The van der Waals surface area contributed by atoms with Crippen molar-refractivity contribution in [2.75, 3.05) is 25.0 Å². The molecule has 0 aliphatic carbocycles. The second-order valence-corrected chi connectivity index (χ2v) is 16.8. The SMILES string of the molecule is CCC1C(=O)OCc2c1cc1n(c2=O)Cc2c-1nc1cc(F)c(C)cc1c2CNC(=O)OCc1ccc(NC(=O)C(CCCNC(N)=O)NC(=O)CNC(=O)CCCCCNC(=O)CCC=O)cc1. The summed E-state index contributed by atoms with van der Waals surface area (Å²) in [5.74, 6) is -3.24. The van der Waals surface area contributed by atoms with Crippen molar-refractivity contribution in [3.63, 3.8) is 0 Å². The number of unbranched alkanes of at least 4 members (excludes halogenated alkanes) is 2. The van der Waals surface area contributed by atoms with E-state index in [0.29, 0.717) is 99.9 Å². The number of aryl methyl sites for hydroxylation is 1. The van der Waals surface area contributed by atoms with Crippen LogP contribution in [0, 0.1) is 12.7 Å². The summed E-state index contributed by atoms with van der Waals surface area (Å²) in [4.78, 5) is 116. The number of aldehydes is 1. The van der Waals surface area contributed by atoms with Gasteiger partial charge in [0.1, 0.15) is 31.4 Å². The van der Waals surface area contributed by atoms with Gasteiger partial charge in [0, 0.05) is 61.6 Å². The molecule has 21 heteroatoms. The molecular formula is C48H56FN9O11. The molecule has 2 aromatic heterocycles. The molecule has 0 fully saturated rings. The fourth-order valence-electron chi connectivity index (χ4n) is 8.18. The van der Waals surface area contributed by atoms with Crippen LogP contribution < -0.4 is 43.2 Å². The first-order valence-corrected chi connectivity index (χ1v) is 22.8. The van der Waals surface area contributed by atoms with Crippen LogP contribution in [0.1, 0.15) is 104 Å². The van der Waals surface area contributed by atoms with Gasteiger partial charge in [0.05, 0.1) is 41.5 Å². The molecule has 2 aliphatic heterocycles. The number of nitrogens with one attached hydrogen (secondary N) is 6. The maximum absolute atomic E-state index is 14.9. The predicted octanol–water partition coefficient (Wildman–Crippen LogP) is 3.49. The molecule has 4 aromatic rings. The highest BCUT2D eigenvalue weighted by Gasteiger charge is 2.35. The second kappa shape index (κ2) is 23.8. The topological polar surface area (TPSA) is 288 Å². The lowest BCUT2D eigenvalue weighted by Gasteiger charge is -2.24. The largest absolute Gasteiger partial charge is 0.460 e. The number of nitrogens with two attached hydrogens (primary N) is 1. The highest BCUT2D eigenvalue weighted by molar-refractivity contribution is 5.98. The third-order valence-corrected chi connectivity index (χ3v) is 11.9. The van der Waals surface area contributed by atoms with E-state index < -0.39 is 47.7 Å². The van der Waals surface area contributed by atoms with E-state index in [9.17, 15) is 47.5 Å². The standard InChI is InChI=1S/C48H56FN9O11/c1-3-30-31-20-39-43-34(24-58(39)45(64)35(31)26-68-46(30)65)33(32-19-27(2)36(49)21-38(32)57-43)22-54-48(67)69-25-28-12-14-29(15-13-28)55-44(63)37(9-7-17-52-47(50)66)56-42(62)23-53-41(61)10-5-4-6-16-51-40(60)11-8-18-59/h12-15,18-21,30,37H,3-11,16-17,22-26H2,1-2H3,(H,51,60)(H,53,61)(H,54,67)(H,55,63)(H,56,62)(H3,50,52,66). The normalized spacial score (nSPS) is 13.7. The minimum Gasteiger partial charge on any atom is -0.460 e. The van der Waals surface area contributed by atoms with Crippen LogP contribution in [0.4, 0.5) is 19.7 Å². The van der Waals surface area contributed by atoms with Gasteiger partial charge in [-0.05, 0) is 85.5 Å². The highest BCUT2D eigenvalue weighted by Crippen LogP contribution is 2.39. The van der Waals surface area contributed by atoms with Crippen LogP contribution in [0.5, 0.6) is 0 Å². The Morgan fingerprint density at radius 2 is 1.68 bits per heavy atom. The molecule has 0 spiro atoms. The third kappa shape index (κ3) is 13.3. The molecule has 69 heavy (non-hydrogen) atoms. The zero-order valence-electron chi connectivity index (χ0n) is 38.4. The molecule has 2 atom stereocenters. The molecule has 6 rings (SSSR count). The fourth-order valence-corrected chi connectivity index (χ4v) is 8.18. The van der Waals surface area contributed by atoms with Gasteiger partial charge in [-0.25, -0.2) is 19.0 Å². The van der Waals surface area contributed by atoms with Crippen molar-refractivity contribution in [2.45, 2.75) is 110 Å². The molecule has 0 saturated heterocycles. The molecule has 0 saturated carbocycles. The van der Waals surface area contributed by atoms with Gasteiger partial charge >= 0.3 is 18.1 Å². The van der Waals surface area contributed by atoms with E-state index in [1.165, 1.54) is 6.07 Å². The Balaban J connectivity index is 1.02. The summed E-state index contributed by atoms with van der Waals surface area (Å²) >= 11 is 0. The number of amides is 7. The summed E-state index contributed by atoms with van der Waals surface area (Å²) in [5.41, 5.74) is 9.68. The average Bonchev–Trinajstić information content (AvgIpc) is 3.69. The number of halogens is 1. The smallest absolute Gasteiger partial charge is 0.407 e. The summed E-state index contributed by atoms with van der Waals surface area (Å²) < 4.78 is 27.3. The number of benzene rings is 2. The average molecular weight is 954 g/mol. The summed E-state index contributed by atoms with van der Waals surface area (Å²) in [6, 6.07) is 9.39. The van der Waals surface area contributed by atoms with Crippen LogP contribution in [-0.4, -0.2) is 83.2 Å². The number of ether oxygens (including phenoxy) is 2. The highest BCUT2D eigenvalue weighted by atomic mass is 19.1. The Morgan fingerprint density at radius 3 is 2.42 bits per heavy atom. The van der Waals surface area contributed by atoms with Crippen molar-refractivity contribution in [3.05, 3.63) is 92.0 Å². The lowest BCUT2D eigenvalue weighted by atomic mass is 9.90. The van der Waals surface area contributed by atoms with E-state index in [-0.39, 0.29) is 88.9 Å². The minimum atomic E-state index is -1.05. The van der Waals surface area contributed by atoms with E-state index in [4.69, 9.17) is 20.2 Å². The number of anilines is 1. The molecule has 7 amide bonds. The Hall–Kier alpha value is -7.71. The molecule has 2 aromatic carbocycles. The Kier molecular flexibility index (Phi) is 17.5. The quantitative estimate of drug-likeness (QED) is 0.0282. The van der Waals surface area contributed by atoms with Crippen molar-refractivity contribution in [3.8, 4) is 11.4 Å². The van der Waals surface area contributed by atoms with Gasteiger partial charge in [0.25, 0.3) is 5.56 Å². The number of fused-ring (bicyclic) bond motifs is 5. The van der Waals surface area contributed by atoms with Crippen molar-refractivity contribution >= 4 is 64.6 Å². The first-order chi connectivity index (χ1) is 33.2. The van der Waals surface area contributed by atoms with E-state index >= 15 is 0 Å². The number of urea groups is 1. The zero-order valence-corrected chi connectivity index (χ0v) is 38.4. The van der Waals surface area contributed by atoms with Crippen LogP contribution in [0.25, 0.3) is 22.3 Å². The predicted molar refractivity (Wildman–Crippen MR) is 249 cm³/mol. The number of alkyl carbamates (subject to hydrolysis) is 1. The van der Waals surface area contributed by atoms with Crippen LogP contribution >= 0.6 is 0 Å². The number of primary amides is 1. The second-order valence-electron chi connectivity index (χ2n) is 16.8. The number of nitrogens with zero attached hydrogens (tertiary/aromatic N) is 2. The first-order valence-electron chi connectivity index (χ1n) is 22.8. The van der Waals surface area contributed by atoms with E-state index in [1.807, 2.05) is 6.92 Å². The van der Waals surface area contributed by atoms with Gasteiger partial charge < -0.3 is 56.5 Å². The molecule has 2 unspecified atom stereocenters. The fraction of sp³-hybridized carbons (Fsp3) is 0.417. The molecular weight excluding hydrogens is 898 g/mol. The molecule has 2 aliphatic rings. The summed E-state index contributed by atoms with van der Waals surface area (Å²) in [6.45, 7) is 3.45. The van der Waals surface area contributed by atoms with Crippen molar-refractivity contribution in [1.29, 1.82) is 0 Å². The molecule has 8 N–H and O–H groups in total. The third-order valence-electron chi connectivity index (χ3n) is 11.9. The number of hydrogen-bond donors (Lipinski definition) is 7. The minimum absolute atomic E-state index is 0.0459. The van der Waals surface area contributed by atoms with Crippen LogP contribution in [-0.2, 0) is 64.5 Å². The summed E-state index contributed by atoms with van der Waals surface area (Å²) in [5, 5.41) is 16.4. The van der Waals surface area contributed by atoms with Crippen molar-refractivity contribution < 1.29 is 52.2 Å². The number of pyridine rings is 2. The van der Waals surface area contributed by atoms with E-state index in [0.717, 1.165) is 0 Å². The zero-order chi connectivity index (χ0) is 49.6. The Labute approximate surface area is 396 Å². The molecule has 0 bridgehead atoms. The number of carbonyl (C=O) groups is 8. The molecule has 0 radical (unpaired) electrons. The van der Waals surface area contributed by atoms with Crippen molar-refractivity contribution in [2.24, 2.45) is 5.73 Å². The monoisotopic (exact) mass is 953 g/mol. The van der Waals surface area contributed by atoms with Crippen LogP contribution in [0.3, 0.4) is 0 Å². The summed E-state index contributed by atoms with van der Waals surface area (Å²) in [7, 11) is 0. The maximum Gasteiger partial charge on any atom is 0.407 e. The maximum atomic E-state index is 14.9. The number of cyclic esters (lactones) is 1. The first kappa shape index (κ1) is 50.7. The van der Waals surface area contributed by atoms with Gasteiger partial charge in [-0.2, -0.15) is 0 Å². The van der Waals surface area contributed by atoms with Crippen molar-refractivity contribution in [1.82, 2.24) is 36.1 Å². The number of aromatic nitrogens is 2. The Morgan fingerprint density at radius 1 is 0.928 bits per heavy atom. The van der Waals surface area contributed by atoms with Crippen LogP contribution in [0.2, 0.25) is 0 Å². The lowest BCUT2D eigenvalue weighted by molar-refractivity contribution is -0.148. The molecule has 20 nitrogen and oxygen atoms in total. The van der Waals surface area contributed by atoms with Gasteiger partial charge in [-0.3, -0.25) is 28.8 Å². The van der Waals surface area contributed by atoms with Gasteiger partial charge in [0.15, 0.2) is 0 Å². The Bertz CT molecular complexity index is 2690. The van der Waals surface area contributed by atoms with Crippen LogP contribution in [0.15, 0.2) is 47.3 Å². The molecule has 366 valence electrons. The number of esters is 1. The lowest BCUT2D eigenvalue weighted by Crippen LogP contribution is -2.47. The van der Waals surface area contributed by atoms with E-state index in [2.05, 4.69) is 31.9 Å².